The van der Waals surface area contributed by atoms with Gasteiger partial charge in [0.2, 0.25) is 5.95 Å². The molecular formula is C14H20N4O. The van der Waals surface area contributed by atoms with Crippen LogP contribution in [0.2, 0.25) is 0 Å². The molecule has 102 valence electrons. The van der Waals surface area contributed by atoms with E-state index in [0.717, 1.165) is 41.6 Å². The minimum absolute atomic E-state index is 0.734. The van der Waals surface area contributed by atoms with Crippen LogP contribution in [0.1, 0.15) is 22.6 Å². The SMILES string of the molecule is CNCc1cnc(N(C)Cc2ccoc2C)nc1C. The summed E-state index contributed by atoms with van der Waals surface area (Å²) < 4.78 is 5.30. The number of anilines is 1. The minimum atomic E-state index is 0.734. The lowest BCUT2D eigenvalue weighted by Crippen LogP contribution is -2.20. The van der Waals surface area contributed by atoms with E-state index in [1.807, 2.05) is 45.1 Å². The Morgan fingerprint density at radius 1 is 1.32 bits per heavy atom. The van der Waals surface area contributed by atoms with Crippen LogP contribution in [-0.4, -0.2) is 24.1 Å². The highest BCUT2D eigenvalue weighted by Crippen LogP contribution is 2.15. The monoisotopic (exact) mass is 260 g/mol. The Kier molecular flexibility index (Phi) is 4.16. The first-order valence-corrected chi connectivity index (χ1v) is 6.33. The first-order valence-electron chi connectivity index (χ1n) is 6.33. The van der Waals surface area contributed by atoms with Crippen LogP contribution >= 0.6 is 0 Å². The van der Waals surface area contributed by atoms with Gasteiger partial charge in [-0.3, -0.25) is 0 Å². The van der Waals surface area contributed by atoms with Crippen LogP contribution in [0.4, 0.5) is 5.95 Å². The molecule has 0 aliphatic carbocycles. The molecule has 5 heteroatoms. The molecule has 0 spiro atoms. The quantitative estimate of drug-likeness (QED) is 0.891. The van der Waals surface area contributed by atoms with Crippen LogP contribution in [0.25, 0.3) is 0 Å². The molecule has 19 heavy (non-hydrogen) atoms. The zero-order chi connectivity index (χ0) is 13.8. The minimum Gasteiger partial charge on any atom is -0.469 e. The van der Waals surface area contributed by atoms with Gasteiger partial charge in [-0.2, -0.15) is 0 Å². The maximum Gasteiger partial charge on any atom is 0.225 e. The molecule has 0 saturated heterocycles. The molecule has 0 aliphatic rings. The van der Waals surface area contributed by atoms with Crippen molar-refractivity contribution < 1.29 is 4.42 Å². The highest BCUT2D eigenvalue weighted by Gasteiger charge is 2.10. The summed E-state index contributed by atoms with van der Waals surface area (Å²) in [4.78, 5) is 11.0. The Balaban J connectivity index is 2.13. The second-order valence-electron chi connectivity index (χ2n) is 4.67. The maximum absolute atomic E-state index is 5.30. The van der Waals surface area contributed by atoms with E-state index in [1.165, 1.54) is 0 Å². The molecule has 0 radical (unpaired) electrons. The van der Waals surface area contributed by atoms with Crippen molar-refractivity contribution in [1.82, 2.24) is 15.3 Å². The second-order valence-corrected chi connectivity index (χ2v) is 4.67. The van der Waals surface area contributed by atoms with Gasteiger partial charge in [-0.25, -0.2) is 9.97 Å². The lowest BCUT2D eigenvalue weighted by molar-refractivity contribution is 0.529. The Morgan fingerprint density at radius 2 is 2.11 bits per heavy atom. The summed E-state index contributed by atoms with van der Waals surface area (Å²) in [5.74, 6) is 1.67. The van der Waals surface area contributed by atoms with Gasteiger partial charge in [0.05, 0.1) is 6.26 Å². The van der Waals surface area contributed by atoms with Crippen LogP contribution in [0.5, 0.6) is 0 Å². The maximum atomic E-state index is 5.30. The van der Waals surface area contributed by atoms with Crippen LogP contribution in [0.3, 0.4) is 0 Å². The molecule has 0 unspecified atom stereocenters. The molecule has 0 fully saturated rings. The fourth-order valence-corrected chi connectivity index (χ4v) is 1.93. The zero-order valence-corrected chi connectivity index (χ0v) is 11.9. The first-order chi connectivity index (χ1) is 9.11. The second kappa shape index (κ2) is 5.84. The normalized spacial score (nSPS) is 10.7. The third-order valence-electron chi connectivity index (χ3n) is 3.15. The summed E-state index contributed by atoms with van der Waals surface area (Å²) in [5, 5.41) is 3.11. The molecule has 0 atom stereocenters. The Morgan fingerprint density at radius 3 is 2.68 bits per heavy atom. The average Bonchev–Trinajstić information content (AvgIpc) is 2.78. The number of aryl methyl sites for hydroxylation is 2. The molecule has 2 aromatic heterocycles. The molecule has 0 amide bonds. The van der Waals surface area contributed by atoms with Crippen molar-refractivity contribution in [2.45, 2.75) is 26.9 Å². The van der Waals surface area contributed by atoms with E-state index in [1.54, 1.807) is 6.26 Å². The lowest BCUT2D eigenvalue weighted by atomic mass is 10.2. The smallest absolute Gasteiger partial charge is 0.225 e. The highest BCUT2D eigenvalue weighted by molar-refractivity contribution is 5.34. The fraction of sp³-hybridized carbons (Fsp3) is 0.429. The third kappa shape index (κ3) is 3.12. The first kappa shape index (κ1) is 13.5. The Hall–Kier alpha value is -1.88. The fourth-order valence-electron chi connectivity index (χ4n) is 1.93. The van der Waals surface area contributed by atoms with E-state index < -0.39 is 0 Å². The number of rotatable bonds is 5. The van der Waals surface area contributed by atoms with Crippen molar-refractivity contribution in [2.24, 2.45) is 0 Å². The van der Waals surface area contributed by atoms with Crippen molar-refractivity contribution in [3.63, 3.8) is 0 Å². The third-order valence-corrected chi connectivity index (χ3v) is 3.15. The van der Waals surface area contributed by atoms with Crippen LogP contribution in [0.15, 0.2) is 22.9 Å². The van der Waals surface area contributed by atoms with Crippen molar-refractivity contribution in [1.29, 1.82) is 0 Å². The summed E-state index contributed by atoms with van der Waals surface area (Å²) in [7, 11) is 3.90. The number of nitrogens with zero attached hydrogens (tertiary/aromatic N) is 3. The topological polar surface area (TPSA) is 54.2 Å². The van der Waals surface area contributed by atoms with E-state index >= 15 is 0 Å². The molecule has 0 aromatic carbocycles. The predicted octanol–water partition coefficient (Wildman–Crippen LogP) is 2.04. The van der Waals surface area contributed by atoms with Crippen LogP contribution in [-0.2, 0) is 13.1 Å². The standard InChI is InChI=1S/C14H20N4O/c1-10-13(7-15-3)8-16-14(17-10)18(4)9-12-5-6-19-11(12)2/h5-6,8,15H,7,9H2,1-4H3. The van der Waals surface area contributed by atoms with Gasteiger partial charge >= 0.3 is 0 Å². The van der Waals surface area contributed by atoms with Crippen molar-refractivity contribution in [3.8, 4) is 0 Å². The lowest BCUT2D eigenvalue weighted by Gasteiger charge is -2.17. The molecule has 2 heterocycles. The predicted molar refractivity (Wildman–Crippen MR) is 75.1 cm³/mol. The van der Waals surface area contributed by atoms with Gasteiger partial charge in [0.25, 0.3) is 0 Å². The zero-order valence-electron chi connectivity index (χ0n) is 11.9. The number of hydrogen-bond acceptors (Lipinski definition) is 5. The summed E-state index contributed by atoms with van der Waals surface area (Å²) in [5.41, 5.74) is 3.29. The molecule has 5 nitrogen and oxygen atoms in total. The van der Waals surface area contributed by atoms with Gasteiger partial charge in [0, 0.05) is 43.2 Å². The number of nitrogens with one attached hydrogen (secondary N) is 1. The molecule has 0 aliphatic heterocycles. The van der Waals surface area contributed by atoms with Crippen LogP contribution < -0.4 is 10.2 Å². The van der Waals surface area contributed by atoms with Crippen molar-refractivity contribution >= 4 is 5.95 Å². The Bertz CT molecular complexity index is 550. The molecule has 2 rings (SSSR count). The van der Waals surface area contributed by atoms with Crippen molar-refractivity contribution in [2.75, 3.05) is 19.0 Å². The molecule has 0 saturated carbocycles. The van der Waals surface area contributed by atoms with Gasteiger partial charge in [0.1, 0.15) is 5.76 Å². The molecule has 0 bridgehead atoms. The van der Waals surface area contributed by atoms with E-state index in [4.69, 9.17) is 4.42 Å². The molecular weight excluding hydrogens is 240 g/mol. The van der Waals surface area contributed by atoms with Gasteiger partial charge in [-0.1, -0.05) is 0 Å². The number of hydrogen-bond donors (Lipinski definition) is 1. The summed E-state index contributed by atoms with van der Waals surface area (Å²) in [6.07, 6.45) is 3.59. The Labute approximate surface area is 113 Å². The average molecular weight is 260 g/mol. The summed E-state index contributed by atoms with van der Waals surface area (Å²) >= 11 is 0. The largest absolute Gasteiger partial charge is 0.469 e. The van der Waals surface area contributed by atoms with E-state index in [9.17, 15) is 0 Å². The van der Waals surface area contributed by atoms with Gasteiger partial charge < -0.3 is 14.6 Å². The van der Waals surface area contributed by atoms with Gasteiger partial charge in [-0.15, -0.1) is 0 Å². The summed E-state index contributed by atoms with van der Waals surface area (Å²) in [6, 6.07) is 1.98. The molecule has 1 N–H and O–H groups in total. The highest BCUT2D eigenvalue weighted by atomic mass is 16.3. The van der Waals surface area contributed by atoms with Crippen molar-refractivity contribution in [3.05, 3.63) is 41.1 Å². The number of furan rings is 1. The van der Waals surface area contributed by atoms with E-state index in [0.29, 0.717) is 0 Å². The molecule has 2 aromatic rings. The van der Waals surface area contributed by atoms with Crippen LogP contribution in [0, 0.1) is 13.8 Å². The van der Waals surface area contributed by atoms with Gasteiger partial charge in [-0.05, 0) is 27.0 Å². The van der Waals surface area contributed by atoms with Gasteiger partial charge in [0.15, 0.2) is 0 Å². The van der Waals surface area contributed by atoms with E-state index in [-0.39, 0.29) is 0 Å². The van der Waals surface area contributed by atoms with E-state index in [2.05, 4.69) is 15.3 Å². The summed E-state index contributed by atoms with van der Waals surface area (Å²) in [6.45, 7) is 5.50. The number of aromatic nitrogens is 2.